The van der Waals surface area contributed by atoms with Gasteiger partial charge in [-0.25, -0.2) is 13.7 Å². The minimum atomic E-state index is -3.30. The van der Waals surface area contributed by atoms with Crippen LogP contribution in [0.25, 0.3) is 10.9 Å². The maximum atomic E-state index is 12.4. The Morgan fingerprint density at radius 3 is 2.57 bits per heavy atom. The summed E-state index contributed by atoms with van der Waals surface area (Å²) in [6, 6.07) is 13.5. The van der Waals surface area contributed by atoms with Gasteiger partial charge in [0.15, 0.2) is 0 Å². The van der Waals surface area contributed by atoms with Crippen LogP contribution in [0.3, 0.4) is 0 Å². The van der Waals surface area contributed by atoms with Crippen molar-refractivity contribution in [1.82, 2.24) is 9.71 Å². The molecular weight excluding hydrogens is 382 g/mol. The van der Waals surface area contributed by atoms with Crippen LogP contribution < -0.4 is 14.2 Å². The second-order valence-corrected chi connectivity index (χ2v) is 7.88. The van der Waals surface area contributed by atoms with E-state index in [-0.39, 0.29) is 11.4 Å². The Kier molecular flexibility index (Phi) is 6.10. The van der Waals surface area contributed by atoms with Crippen molar-refractivity contribution < 1.29 is 23.9 Å². The zero-order valence-electron chi connectivity index (χ0n) is 15.2. The molecule has 0 aliphatic heterocycles. The first-order chi connectivity index (χ1) is 13.4. The molecule has 9 heteroatoms. The van der Waals surface area contributed by atoms with E-state index in [2.05, 4.69) is 9.71 Å². The maximum absolute atomic E-state index is 12.4. The minimum Gasteiger partial charge on any atom is -0.497 e. The van der Waals surface area contributed by atoms with E-state index in [0.29, 0.717) is 17.2 Å². The lowest BCUT2D eigenvalue weighted by Crippen LogP contribution is -2.33. The van der Waals surface area contributed by atoms with Crippen LogP contribution in [-0.4, -0.2) is 45.8 Å². The van der Waals surface area contributed by atoms with Gasteiger partial charge in [-0.3, -0.25) is 4.98 Å². The van der Waals surface area contributed by atoms with Crippen LogP contribution >= 0.6 is 0 Å². The molecule has 0 aliphatic carbocycles. The van der Waals surface area contributed by atoms with Crippen LogP contribution in [0.4, 0.5) is 0 Å². The summed E-state index contributed by atoms with van der Waals surface area (Å²) in [6.07, 6.45) is 0.561. The number of nitrogens with zero attached hydrogens (tertiary/aromatic N) is 1. The number of aromatic nitrogens is 1. The Balaban J connectivity index is 1.79. The van der Waals surface area contributed by atoms with Gasteiger partial charge in [-0.05, 0) is 42.5 Å². The fourth-order valence-electron chi connectivity index (χ4n) is 2.51. The first-order valence-electron chi connectivity index (χ1n) is 8.46. The lowest BCUT2D eigenvalue weighted by atomic mass is 10.2. The third-order valence-electron chi connectivity index (χ3n) is 4.03. The Hall–Kier alpha value is -2.72. The van der Waals surface area contributed by atoms with Gasteiger partial charge in [0.05, 0.1) is 30.2 Å². The van der Waals surface area contributed by atoms with Gasteiger partial charge in [-0.15, -0.1) is 0 Å². The monoisotopic (exact) mass is 403 g/mol. The molecule has 0 spiro atoms. The number of aliphatic hydroxyl groups is 2. The number of pyridine rings is 1. The number of rotatable bonds is 8. The average Bonchev–Trinajstić information content (AvgIpc) is 2.72. The van der Waals surface area contributed by atoms with Crippen molar-refractivity contribution in [3.8, 4) is 17.2 Å². The normalized spacial score (nSPS) is 14.4. The van der Waals surface area contributed by atoms with E-state index >= 15 is 0 Å². The largest absolute Gasteiger partial charge is 0.497 e. The molecule has 0 fully saturated rings. The van der Waals surface area contributed by atoms with E-state index in [1.165, 1.54) is 12.1 Å². The summed E-state index contributed by atoms with van der Waals surface area (Å²) >= 11 is 0. The van der Waals surface area contributed by atoms with Crippen LogP contribution in [0.2, 0.25) is 0 Å². The van der Waals surface area contributed by atoms with E-state index < -0.39 is 22.6 Å². The van der Waals surface area contributed by atoms with Gasteiger partial charge in [0.25, 0.3) is 0 Å². The highest BCUT2D eigenvalue weighted by atomic mass is 32.2. The number of nitrogens with one attached hydrogen (secondary N) is 2. The molecule has 0 radical (unpaired) electrons. The first-order valence-corrected chi connectivity index (χ1v) is 10.0. The molecular formula is C19H21N3O5S. The number of aliphatic hydroxyl groups excluding tert-OH is 2. The van der Waals surface area contributed by atoms with Crippen molar-refractivity contribution in [3.05, 3.63) is 54.7 Å². The molecule has 2 atom stereocenters. The predicted molar refractivity (Wildman–Crippen MR) is 105 cm³/mol. The fraction of sp³-hybridized carbons (Fsp3) is 0.211. The Labute approximate surface area is 162 Å². The molecule has 28 heavy (non-hydrogen) atoms. The SMILES string of the molecule is COc1ccc2c(Oc3ccc([S@](=N)(=O)NC[C@@H](O)CO)cc3)ccnc2c1. The molecule has 1 heterocycles. The second-order valence-electron chi connectivity index (χ2n) is 6.01. The van der Waals surface area contributed by atoms with Gasteiger partial charge < -0.3 is 19.7 Å². The van der Waals surface area contributed by atoms with E-state index in [4.69, 9.17) is 19.4 Å². The molecule has 3 aromatic rings. The average molecular weight is 403 g/mol. The number of methoxy groups -OCH3 is 1. The van der Waals surface area contributed by atoms with Crippen LogP contribution in [0, 0.1) is 4.78 Å². The topological polar surface area (TPSA) is 125 Å². The third kappa shape index (κ3) is 4.57. The molecule has 0 unspecified atom stereocenters. The van der Waals surface area contributed by atoms with E-state index in [9.17, 15) is 9.32 Å². The highest BCUT2D eigenvalue weighted by Crippen LogP contribution is 2.31. The molecule has 0 amide bonds. The number of hydrogen-bond donors (Lipinski definition) is 4. The molecule has 0 bridgehead atoms. The highest BCUT2D eigenvalue weighted by Gasteiger charge is 2.13. The summed E-state index contributed by atoms with van der Waals surface area (Å²) in [6.45, 7) is -0.620. The summed E-state index contributed by atoms with van der Waals surface area (Å²) in [4.78, 5) is 4.56. The zero-order chi connectivity index (χ0) is 20.1. The smallest absolute Gasteiger partial charge is 0.138 e. The van der Waals surface area contributed by atoms with E-state index in [1.807, 2.05) is 18.2 Å². The number of ether oxygens (including phenoxy) is 2. The molecule has 3 rings (SSSR count). The Bertz CT molecular complexity index is 1050. The van der Waals surface area contributed by atoms with Gasteiger partial charge in [-0.1, -0.05) is 0 Å². The van der Waals surface area contributed by atoms with Crippen molar-refractivity contribution in [2.75, 3.05) is 20.3 Å². The minimum absolute atomic E-state index is 0.149. The van der Waals surface area contributed by atoms with Crippen molar-refractivity contribution in [3.63, 3.8) is 0 Å². The predicted octanol–water partition coefficient (Wildman–Crippen LogP) is 2.30. The van der Waals surface area contributed by atoms with Crippen LogP contribution in [0.1, 0.15) is 0 Å². The molecule has 4 N–H and O–H groups in total. The van der Waals surface area contributed by atoms with Crippen LogP contribution in [0.5, 0.6) is 17.2 Å². The van der Waals surface area contributed by atoms with Crippen LogP contribution in [-0.2, 0) is 9.92 Å². The van der Waals surface area contributed by atoms with Gasteiger partial charge >= 0.3 is 0 Å². The summed E-state index contributed by atoms with van der Waals surface area (Å²) in [5, 5.41) is 19.0. The van der Waals surface area contributed by atoms with Crippen molar-refractivity contribution in [2.24, 2.45) is 0 Å². The molecule has 0 aliphatic rings. The quantitative estimate of drug-likeness (QED) is 0.457. The van der Waals surface area contributed by atoms with Gasteiger partial charge in [-0.2, -0.15) is 0 Å². The van der Waals surface area contributed by atoms with Crippen molar-refractivity contribution >= 4 is 20.8 Å². The molecule has 8 nitrogen and oxygen atoms in total. The molecule has 0 saturated carbocycles. The Morgan fingerprint density at radius 1 is 1.18 bits per heavy atom. The van der Waals surface area contributed by atoms with Crippen LogP contribution in [0.15, 0.2) is 59.6 Å². The fourth-order valence-corrected chi connectivity index (χ4v) is 3.62. The molecule has 148 valence electrons. The molecule has 0 saturated heterocycles. The first kappa shape index (κ1) is 20.0. The summed E-state index contributed by atoms with van der Waals surface area (Å²) in [7, 11) is -1.71. The lowest BCUT2D eigenvalue weighted by molar-refractivity contribution is 0.0990. The second kappa shape index (κ2) is 8.53. The molecule has 2 aromatic carbocycles. The van der Waals surface area contributed by atoms with Gasteiger partial charge in [0, 0.05) is 24.2 Å². The lowest BCUT2D eigenvalue weighted by Gasteiger charge is -2.13. The molecule has 1 aromatic heterocycles. The Morgan fingerprint density at radius 2 is 1.89 bits per heavy atom. The zero-order valence-corrected chi connectivity index (χ0v) is 16.0. The van der Waals surface area contributed by atoms with Gasteiger partial charge in [0.1, 0.15) is 27.2 Å². The maximum Gasteiger partial charge on any atom is 0.138 e. The standard InChI is InChI=1S/C19H21N3O5S/c1-26-15-4-7-17-18(10-15)21-9-8-19(17)27-14-2-5-16(6-3-14)28(20,25)22-11-13(24)12-23/h2-10,13,23-24H,11-12H2,1H3,(H2,20,22,25)/t13-,28-/m1/s1. The number of fused-ring (bicyclic) bond motifs is 1. The summed E-state index contributed by atoms with van der Waals surface area (Å²) in [5.74, 6) is 1.82. The number of hydrogen-bond acceptors (Lipinski definition) is 7. The van der Waals surface area contributed by atoms with Gasteiger partial charge in [0.2, 0.25) is 0 Å². The van der Waals surface area contributed by atoms with Crippen molar-refractivity contribution in [2.45, 2.75) is 11.0 Å². The summed E-state index contributed by atoms with van der Waals surface area (Å²) in [5.41, 5.74) is 0.731. The van der Waals surface area contributed by atoms with Crippen molar-refractivity contribution in [1.29, 1.82) is 4.78 Å². The van der Waals surface area contributed by atoms with E-state index in [1.54, 1.807) is 31.5 Å². The number of benzene rings is 2. The summed E-state index contributed by atoms with van der Waals surface area (Å²) < 4.78 is 33.9. The van der Waals surface area contributed by atoms with E-state index in [0.717, 1.165) is 10.9 Å². The third-order valence-corrected chi connectivity index (χ3v) is 5.54. The highest BCUT2D eigenvalue weighted by molar-refractivity contribution is 7.90.